The Balaban J connectivity index is 3.17. The Morgan fingerprint density at radius 1 is 1.36 bits per heavy atom. The fourth-order valence-corrected chi connectivity index (χ4v) is 1.37. The zero-order valence-corrected chi connectivity index (χ0v) is 9.25. The molecule has 0 bridgehead atoms. The molecule has 0 radical (unpaired) electrons. The van der Waals surface area contributed by atoms with Crippen molar-refractivity contribution in [1.29, 1.82) is 0 Å². The van der Waals surface area contributed by atoms with Gasteiger partial charge in [-0.15, -0.1) is 11.6 Å². The van der Waals surface area contributed by atoms with E-state index >= 15 is 0 Å². The maximum absolute atomic E-state index is 10.4. The van der Waals surface area contributed by atoms with E-state index in [1.165, 1.54) is 0 Å². The third-order valence-corrected chi connectivity index (χ3v) is 2.69. The van der Waals surface area contributed by atoms with Crippen molar-refractivity contribution in [2.24, 2.45) is 0 Å². The van der Waals surface area contributed by atoms with E-state index in [4.69, 9.17) is 23.2 Å². The minimum atomic E-state index is -0.494. The molecule has 1 atom stereocenters. The number of carbonyl (C=O) groups is 1. The van der Waals surface area contributed by atoms with Gasteiger partial charge in [-0.3, -0.25) is 4.79 Å². The molecule has 0 aliphatic rings. The lowest BCUT2D eigenvalue weighted by Gasteiger charge is -2.01. The van der Waals surface area contributed by atoms with Gasteiger partial charge in [0.2, 0.25) is 5.24 Å². The molecule has 0 saturated heterocycles. The zero-order valence-electron chi connectivity index (χ0n) is 6.16. The third kappa shape index (κ3) is 7.10. The lowest BCUT2D eigenvalue weighted by atomic mass is 10.2. The first-order valence-corrected chi connectivity index (χ1v) is 5.51. The summed E-state index contributed by atoms with van der Waals surface area (Å²) >= 11 is 14.1. The molecule has 0 spiro atoms. The van der Waals surface area contributed by atoms with Crippen molar-refractivity contribution in [2.45, 2.75) is 31.1 Å². The summed E-state index contributed by atoms with van der Waals surface area (Å²) in [6.07, 6.45) is 3.88. The molecule has 0 aromatic carbocycles. The number of rotatable bonds is 6. The summed E-state index contributed by atoms with van der Waals surface area (Å²) in [5.74, 6) is 0. The number of unbranched alkanes of at least 4 members (excludes halogenated alkanes) is 2. The van der Waals surface area contributed by atoms with Gasteiger partial charge in [-0.05, 0) is 24.4 Å². The largest absolute Gasteiger partial charge is 0.280 e. The summed E-state index contributed by atoms with van der Waals surface area (Å²) in [7, 11) is 0. The van der Waals surface area contributed by atoms with Crippen molar-refractivity contribution < 1.29 is 4.79 Å². The van der Waals surface area contributed by atoms with Crippen LogP contribution in [0.1, 0.15) is 25.7 Å². The smallest absolute Gasteiger partial charge is 0.239 e. The van der Waals surface area contributed by atoms with E-state index in [1.54, 1.807) is 0 Å². The number of halogens is 3. The standard InChI is InChI=1S/C7H11BrCl2O/c8-5-3-1-2-4-6(9)7(10)11/h6H,1-5H2. The van der Waals surface area contributed by atoms with Gasteiger partial charge in [-0.25, -0.2) is 0 Å². The van der Waals surface area contributed by atoms with E-state index in [2.05, 4.69) is 15.9 Å². The SMILES string of the molecule is O=C(Cl)C(Cl)CCCCCBr. The molecule has 0 fully saturated rings. The second-order valence-electron chi connectivity index (χ2n) is 2.31. The molecule has 1 nitrogen and oxygen atoms in total. The molecule has 0 amide bonds. The van der Waals surface area contributed by atoms with E-state index in [0.717, 1.165) is 24.6 Å². The Morgan fingerprint density at radius 3 is 2.45 bits per heavy atom. The average molecular weight is 262 g/mol. The van der Waals surface area contributed by atoms with Crippen molar-refractivity contribution in [3.8, 4) is 0 Å². The van der Waals surface area contributed by atoms with Gasteiger partial charge in [-0.2, -0.15) is 0 Å². The lowest BCUT2D eigenvalue weighted by Crippen LogP contribution is -2.06. The second-order valence-corrected chi connectivity index (χ2v) is 4.00. The van der Waals surface area contributed by atoms with Gasteiger partial charge in [0.15, 0.2) is 0 Å². The molecule has 4 heteroatoms. The molecule has 0 aromatic heterocycles. The minimum absolute atomic E-state index is 0.439. The van der Waals surface area contributed by atoms with Crippen molar-refractivity contribution in [3.05, 3.63) is 0 Å². The third-order valence-electron chi connectivity index (χ3n) is 1.34. The van der Waals surface area contributed by atoms with Crippen molar-refractivity contribution in [3.63, 3.8) is 0 Å². The maximum Gasteiger partial charge on any atom is 0.239 e. The van der Waals surface area contributed by atoms with Crippen molar-refractivity contribution in [1.82, 2.24) is 0 Å². The van der Waals surface area contributed by atoms with E-state index in [0.29, 0.717) is 6.42 Å². The topological polar surface area (TPSA) is 17.1 Å². The molecule has 11 heavy (non-hydrogen) atoms. The van der Waals surface area contributed by atoms with Crippen LogP contribution in [0.25, 0.3) is 0 Å². The van der Waals surface area contributed by atoms with Crippen LogP contribution in [0.15, 0.2) is 0 Å². The predicted octanol–water partition coefficient (Wildman–Crippen LogP) is 3.31. The van der Waals surface area contributed by atoms with Crippen LogP contribution in [0.2, 0.25) is 0 Å². The quantitative estimate of drug-likeness (QED) is 0.407. The van der Waals surface area contributed by atoms with Crippen LogP contribution in [0, 0.1) is 0 Å². The van der Waals surface area contributed by atoms with Gasteiger partial charge >= 0.3 is 0 Å². The summed E-state index contributed by atoms with van der Waals surface area (Å²) in [4.78, 5) is 10.4. The molecular formula is C7H11BrCl2O. The van der Waals surface area contributed by atoms with Crippen LogP contribution in [-0.2, 0) is 4.79 Å². The Bertz CT molecular complexity index is 119. The number of hydrogen-bond donors (Lipinski definition) is 0. The van der Waals surface area contributed by atoms with Gasteiger partial charge in [-0.1, -0.05) is 28.8 Å². The zero-order chi connectivity index (χ0) is 8.69. The molecular weight excluding hydrogens is 251 g/mol. The number of alkyl halides is 2. The van der Waals surface area contributed by atoms with Crippen LogP contribution in [0.3, 0.4) is 0 Å². The first-order valence-electron chi connectivity index (χ1n) is 3.58. The summed E-state index contributed by atoms with van der Waals surface area (Å²) in [6, 6.07) is 0. The summed E-state index contributed by atoms with van der Waals surface area (Å²) in [6.45, 7) is 0. The van der Waals surface area contributed by atoms with Crippen LogP contribution < -0.4 is 0 Å². The molecule has 0 saturated carbocycles. The van der Waals surface area contributed by atoms with Gasteiger partial charge < -0.3 is 0 Å². The summed E-state index contributed by atoms with van der Waals surface area (Å²) in [5, 5.41) is 0.0758. The lowest BCUT2D eigenvalue weighted by molar-refractivity contribution is -0.111. The number of hydrogen-bond acceptors (Lipinski definition) is 1. The molecule has 0 aliphatic carbocycles. The minimum Gasteiger partial charge on any atom is -0.280 e. The Kier molecular flexibility index (Phi) is 7.87. The molecule has 0 heterocycles. The highest BCUT2D eigenvalue weighted by Gasteiger charge is 2.10. The fraction of sp³-hybridized carbons (Fsp3) is 0.857. The highest BCUT2D eigenvalue weighted by Crippen LogP contribution is 2.12. The molecule has 0 N–H and O–H groups in total. The highest BCUT2D eigenvalue weighted by molar-refractivity contribution is 9.09. The average Bonchev–Trinajstić information content (AvgIpc) is 1.97. The Hall–Kier alpha value is 0.730. The van der Waals surface area contributed by atoms with Crippen molar-refractivity contribution >= 4 is 44.4 Å². The summed E-state index contributed by atoms with van der Waals surface area (Å²) < 4.78 is 0. The first kappa shape index (κ1) is 11.7. The van der Waals surface area contributed by atoms with E-state index < -0.39 is 10.6 Å². The predicted molar refractivity (Wildman–Crippen MR) is 52.8 cm³/mol. The highest BCUT2D eigenvalue weighted by atomic mass is 79.9. The first-order chi connectivity index (χ1) is 5.18. The van der Waals surface area contributed by atoms with Crippen LogP contribution >= 0.6 is 39.1 Å². The van der Waals surface area contributed by atoms with Crippen molar-refractivity contribution in [2.75, 3.05) is 5.33 Å². The summed E-state index contributed by atoms with van der Waals surface area (Å²) in [5.41, 5.74) is 0. The van der Waals surface area contributed by atoms with Crippen LogP contribution in [-0.4, -0.2) is 15.9 Å². The van der Waals surface area contributed by atoms with Gasteiger partial charge in [0.05, 0.1) is 0 Å². The Morgan fingerprint density at radius 2 is 2.00 bits per heavy atom. The van der Waals surface area contributed by atoms with Gasteiger partial charge in [0.25, 0.3) is 0 Å². The van der Waals surface area contributed by atoms with Gasteiger partial charge in [0, 0.05) is 5.33 Å². The molecule has 1 unspecified atom stereocenters. The normalized spacial score (nSPS) is 13.0. The van der Waals surface area contributed by atoms with Crippen LogP contribution in [0.5, 0.6) is 0 Å². The maximum atomic E-state index is 10.4. The van der Waals surface area contributed by atoms with E-state index in [9.17, 15) is 4.79 Å². The molecule has 0 rings (SSSR count). The van der Waals surface area contributed by atoms with Crippen LogP contribution in [0.4, 0.5) is 0 Å². The monoisotopic (exact) mass is 260 g/mol. The van der Waals surface area contributed by atoms with E-state index in [-0.39, 0.29) is 0 Å². The fourth-order valence-electron chi connectivity index (χ4n) is 0.708. The van der Waals surface area contributed by atoms with Gasteiger partial charge in [0.1, 0.15) is 5.38 Å². The molecule has 0 aromatic rings. The molecule has 0 aliphatic heterocycles. The Labute approximate surface area is 85.6 Å². The molecule has 66 valence electrons. The second kappa shape index (κ2) is 7.38. The van der Waals surface area contributed by atoms with E-state index in [1.807, 2.05) is 0 Å². The number of carbonyl (C=O) groups excluding carboxylic acids is 1.